The molecule has 0 bridgehead atoms. The Morgan fingerprint density at radius 1 is 1.43 bits per heavy atom. The van der Waals surface area contributed by atoms with E-state index in [4.69, 9.17) is 10.5 Å². The Bertz CT molecular complexity index is 1270. The first-order valence-corrected chi connectivity index (χ1v) is 12.8. The molecule has 35 heavy (non-hydrogen) atoms. The molecule has 0 unspecified atom stereocenters. The standard InChI is InChI=1S/C25H30FN5O3S/c1-16(10-21-20(11-27)34-8-9-35-21)12-28-17-4-6-30(7-5-17)14-25(33)15-31-22(32)3-2-19-24(31)23(25)18(26)13-29-19/h2-3,10-11,13,17,28,33H,1,4-9,12,14-15,27H2/b20-11+,21-10+/t25-/m0/s1. The lowest BCUT2D eigenvalue weighted by molar-refractivity contribution is -0.0158. The SMILES string of the molecule is C=C(/C=C1/SCCO/C1=C/N)CNC1CCN(C[C@]2(O)Cn3c(=O)ccc4ncc(F)c2c43)CC1. The Morgan fingerprint density at radius 2 is 2.23 bits per heavy atom. The lowest BCUT2D eigenvalue weighted by atomic mass is 9.93. The lowest BCUT2D eigenvalue weighted by Crippen LogP contribution is -2.48. The average molecular weight is 500 g/mol. The molecule has 2 aromatic heterocycles. The van der Waals surface area contributed by atoms with Gasteiger partial charge in [0.15, 0.2) is 0 Å². The summed E-state index contributed by atoms with van der Waals surface area (Å²) in [6.07, 6.45) is 6.43. The fourth-order valence-electron chi connectivity index (χ4n) is 5.17. The van der Waals surface area contributed by atoms with E-state index >= 15 is 0 Å². The molecular formula is C25H30FN5O3S. The van der Waals surface area contributed by atoms with Crippen LogP contribution in [0.25, 0.3) is 11.0 Å². The van der Waals surface area contributed by atoms with Crippen molar-refractivity contribution in [2.75, 3.05) is 38.5 Å². The number of likely N-dealkylation sites (tertiary alicyclic amines) is 1. The zero-order chi connectivity index (χ0) is 24.6. The monoisotopic (exact) mass is 499 g/mol. The second-order valence-electron chi connectivity index (χ2n) is 9.33. The molecule has 3 aliphatic rings. The third-order valence-corrected chi connectivity index (χ3v) is 7.86. The first-order valence-electron chi connectivity index (χ1n) is 11.8. The number of ether oxygens (including phenoxy) is 1. The van der Waals surface area contributed by atoms with Gasteiger partial charge in [-0.2, -0.15) is 0 Å². The van der Waals surface area contributed by atoms with Crippen molar-refractivity contribution in [2.45, 2.75) is 31.0 Å². The van der Waals surface area contributed by atoms with E-state index in [1.54, 1.807) is 17.8 Å². The number of nitrogens with zero attached hydrogens (tertiary/aromatic N) is 3. The zero-order valence-corrected chi connectivity index (χ0v) is 20.3. The Morgan fingerprint density at radius 3 is 3.00 bits per heavy atom. The molecule has 3 aliphatic heterocycles. The largest absolute Gasteiger partial charge is 0.490 e. The van der Waals surface area contributed by atoms with Gasteiger partial charge in [-0.05, 0) is 43.6 Å². The quantitative estimate of drug-likeness (QED) is 0.553. The molecule has 0 aliphatic carbocycles. The number of nitrogens with one attached hydrogen (secondary N) is 1. The zero-order valence-electron chi connectivity index (χ0n) is 19.5. The molecule has 0 spiro atoms. The van der Waals surface area contributed by atoms with Crippen molar-refractivity contribution in [1.82, 2.24) is 19.8 Å². The molecule has 2 saturated heterocycles. The molecule has 0 amide bonds. The van der Waals surface area contributed by atoms with Crippen molar-refractivity contribution in [3.63, 3.8) is 0 Å². The Hall–Kier alpha value is -2.66. The molecular weight excluding hydrogens is 469 g/mol. The highest BCUT2D eigenvalue weighted by molar-refractivity contribution is 8.03. The van der Waals surface area contributed by atoms with Crippen LogP contribution in [-0.2, 0) is 16.9 Å². The summed E-state index contributed by atoms with van der Waals surface area (Å²) >= 11 is 1.71. The maximum absolute atomic E-state index is 14.8. The van der Waals surface area contributed by atoms with Gasteiger partial charge in [-0.3, -0.25) is 14.7 Å². The van der Waals surface area contributed by atoms with Gasteiger partial charge >= 0.3 is 0 Å². The van der Waals surface area contributed by atoms with Gasteiger partial charge in [0, 0.05) is 37.2 Å². The van der Waals surface area contributed by atoms with E-state index in [1.807, 2.05) is 6.08 Å². The van der Waals surface area contributed by atoms with Gasteiger partial charge < -0.3 is 25.5 Å². The summed E-state index contributed by atoms with van der Waals surface area (Å²) in [6.45, 7) is 7.31. The maximum atomic E-state index is 14.8. The summed E-state index contributed by atoms with van der Waals surface area (Å²) < 4.78 is 21.8. The number of pyridine rings is 2. The van der Waals surface area contributed by atoms with Gasteiger partial charge in [0.2, 0.25) is 0 Å². The van der Waals surface area contributed by atoms with Crippen LogP contribution in [0.5, 0.6) is 0 Å². The number of β-amino-alcohol motifs (C(OH)–C–C–N with tert-alkyl or cyclic N) is 1. The highest BCUT2D eigenvalue weighted by Gasteiger charge is 2.43. The van der Waals surface area contributed by atoms with Crippen LogP contribution >= 0.6 is 11.8 Å². The van der Waals surface area contributed by atoms with Crippen molar-refractivity contribution in [3.8, 4) is 0 Å². The van der Waals surface area contributed by atoms with Crippen LogP contribution in [0.3, 0.4) is 0 Å². The number of rotatable bonds is 6. The van der Waals surface area contributed by atoms with Crippen LogP contribution in [0, 0.1) is 5.82 Å². The number of thioether (sulfide) groups is 1. The Balaban J connectivity index is 1.18. The van der Waals surface area contributed by atoms with E-state index in [2.05, 4.69) is 21.8 Å². The third-order valence-electron chi connectivity index (χ3n) is 6.86. The van der Waals surface area contributed by atoms with Crippen LogP contribution in [0.2, 0.25) is 0 Å². The number of halogens is 1. The summed E-state index contributed by atoms with van der Waals surface area (Å²) in [5.74, 6) is 1.02. The summed E-state index contributed by atoms with van der Waals surface area (Å²) in [5.41, 5.74) is 5.99. The van der Waals surface area contributed by atoms with Crippen molar-refractivity contribution in [2.24, 2.45) is 5.73 Å². The predicted molar refractivity (Wildman–Crippen MR) is 135 cm³/mol. The summed E-state index contributed by atoms with van der Waals surface area (Å²) in [5, 5.41) is 15.1. The van der Waals surface area contributed by atoms with Crippen molar-refractivity contribution in [1.29, 1.82) is 0 Å². The van der Waals surface area contributed by atoms with E-state index in [1.165, 1.54) is 16.8 Å². The fourth-order valence-corrected chi connectivity index (χ4v) is 6.08. The molecule has 0 radical (unpaired) electrons. The second-order valence-corrected chi connectivity index (χ2v) is 10.5. The summed E-state index contributed by atoms with van der Waals surface area (Å²) in [7, 11) is 0. The minimum absolute atomic E-state index is 0.0365. The third kappa shape index (κ3) is 4.75. The molecule has 8 nitrogen and oxygen atoms in total. The van der Waals surface area contributed by atoms with Gasteiger partial charge in [0.1, 0.15) is 17.2 Å². The van der Waals surface area contributed by atoms with Gasteiger partial charge in [0.25, 0.3) is 5.56 Å². The molecule has 2 fully saturated rings. The Labute approximate surface area is 207 Å². The summed E-state index contributed by atoms with van der Waals surface area (Å²) in [6, 6.07) is 3.32. The highest BCUT2D eigenvalue weighted by atomic mass is 32.2. The topological polar surface area (TPSA) is 106 Å². The van der Waals surface area contributed by atoms with Crippen LogP contribution in [0.1, 0.15) is 18.4 Å². The first-order chi connectivity index (χ1) is 16.9. The number of nitrogens with two attached hydrogens (primary N) is 1. The highest BCUT2D eigenvalue weighted by Crippen LogP contribution is 2.38. The van der Waals surface area contributed by atoms with E-state index < -0.39 is 11.4 Å². The molecule has 0 saturated carbocycles. The number of hydrogen-bond acceptors (Lipinski definition) is 8. The molecule has 10 heteroatoms. The van der Waals surface area contributed by atoms with Crippen LogP contribution in [-0.4, -0.2) is 64.1 Å². The molecule has 186 valence electrons. The average Bonchev–Trinajstić information content (AvgIpc) is 3.17. The van der Waals surface area contributed by atoms with Gasteiger partial charge in [-0.1, -0.05) is 6.58 Å². The number of piperidine rings is 1. The van der Waals surface area contributed by atoms with Crippen LogP contribution in [0.4, 0.5) is 4.39 Å². The van der Waals surface area contributed by atoms with Gasteiger partial charge in [-0.25, -0.2) is 4.39 Å². The Kier molecular flexibility index (Phi) is 6.71. The maximum Gasteiger partial charge on any atom is 0.251 e. The number of aliphatic hydroxyl groups is 1. The molecule has 2 aromatic rings. The minimum Gasteiger partial charge on any atom is -0.490 e. The first kappa shape index (κ1) is 24.1. The van der Waals surface area contributed by atoms with Crippen molar-refractivity contribution in [3.05, 3.63) is 75.2 Å². The molecule has 1 atom stereocenters. The molecule has 0 aromatic carbocycles. The predicted octanol–water partition coefficient (Wildman–Crippen LogP) is 1.79. The van der Waals surface area contributed by atoms with E-state index in [-0.39, 0.29) is 24.2 Å². The second kappa shape index (κ2) is 9.77. The van der Waals surface area contributed by atoms with E-state index in [9.17, 15) is 14.3 Å². The van der Waals surface area contributed by atoms with Crippen molar-refractivity contribution >= 4 is 22.8 Å². The van der Waals surface area contributed by atoms with Crippen molar-refractivity contribution < 1.29 is 14.2 Å². The summed E-state index contributed by atoms with van der Waals surface area (Å²) in [4.78, 5) is 19.6. The van der Waals surface area contributed by atoms with E-state index in [0.717, 1.165) is 48.4 Å². The number of hydrogen-bond donors (Lipinski definition) is 3. The molecule has 5 rings (SSSR count). The molecule has 5 heterocycles. The van der Waals surface area contributed by atoms with Gasteiger partial charge in [-0.15, -0.1) is 11.8 Å². The number of aromatic nitrogens is 2. The van der Waals surface area contributed by atoms with Gasteiger partial charge in [0.05, 0.1) is 40.9 Å². The van der Waals surface area contributed by atoms with E-state index in [0.29, 0.717) is 36.0 Å². The van der Waals surface area contributed by atoms with Crippen LogP contribution in [0.15, 0.2) is 58.2 Å². The minimum atomic E-state index is -1.46. The smallest absolute Gasteiger partial charge is 0.251 e. The lowest BCUT2D eigenvalue weighted by Gasteiger charge is -2.37. The van der Waals surface area contributed by atoms with Crippen LogP contribution < -0.4 is 16.6 Å². The normalized spacial score (nSPS) is 25.4. The molecule has 4 N–H and O–H groups in total. The fraction of sp³-hybridized carbons (Fsp3) is 0.440.